The first-order chi connectivity index (χ1) is 19.2. The number of rotatable bonds is 8. The van der Waals surface area contributed by atoms with Crippen LogP contribution in [0.2, 0.25) is 0 Å². The number of hydrogen-bond donors (Lipinski definition) is 3. The predicted molar refractivity (Wildman–Crippen MR) is 158 cm³/mol. The Bertz CT molecular complexity index is 1540. The molecule has 0 bridgehead atoms. The quantitative estimate of drug-likeness (QED) is 0.323. The van der Waals surface area contributed by atoms with E-state index in [-0.39, 0.29) is 59.4 Å². The van der Waals surface area contributed by atoms with Crippen LogP contribution in [0.25, 0.3) is 0 Å². The van der Waals surface area contributed by atoms with Crippen LogP contribution in [0.5, 0.6) is 0 Å². The van der Waals surface area contributed by atoms with E-state index in [0.29, 0.717) is 16.0 Å². The summed E-state index contributed by atoms with van der Waals surface area (Å²) in [5.74, 6) is 0.0856. The summed E-state index contributed by atoms with van der Waals surface area (Å²) in [4.78, 5) is 74.8. The molecule has 0 aliphatic heterocycles. The Balaban J connectivity index is 0.000000308. The second-order valence-electron chi connectivity index (χ2n) is 9.69. The van der Waals surface area contributed by atoms with Crippen LogP contribution in [0.3, 0.4) is 0 Å². The van der Waals surface area contributed by atoms with Crippen LogP contribution < -0.4 is 33.7 Å². The van der Waals surface area contributed by atoms with E-state index in [1.807, 2.05) is 41.5 Å². The molecule has 0 aromatic carbocycles. The number of H-pyrrole nitrogens is 3. The third kappa shape index (κ3) is 10.3. The molecule has 0 atom stereocenters. The molecule has 15 heteroatoms. The van der Waals surface area contributed by atoms with Crippen molar-refractivity contribution in [2.24, 2.45) is 0 Å². The number of methoxy groups -OCH3 is 2. The van der Waals surface area contributed by atoms with Gasteiger partial charge in [0.15, 0.2) is 0 Å². The molecule has 3 heterocycles. The van der Waals surface area contributed by atoms with Gasteiger partial charge in [-0.15, -0.1) is 11.8 Å². The summed E-state index contributed by atoms with van der Waals surface area (Å²) >= 11 is 1.33. The van der Waals surface area contributed by atoms with Crippen molar-refractivity contribution in [1.29, 1.82) is 0 Å². The first-order valence-corrected chi connectivity index (χ1v) is 14.0. The molecular weight excluding hydrogens is 556 g/mol. The van der Waals surface area contributed by atoms with E-state index in [9.17, 15) is 28.8 Å². The van der Waals surface area contributed by atoms with Gasteiger partial charge in [0.1, 0.15) is 6.73 Å². The number of ether oxygens (including phenoxy) is 2. The van der Waals surface area contributed by atoms with Crippen molar-refractivity contribution in [2.75, 3.05) is 20.5 Å². The molecule has 41 heavy (non-hydrogen) atoms. The van der Waals surface area contributed by atoms with Crippen molar-refractivity contribution in [2.45, 2.75) is 77.8 Å². The summed E-state index contributed by atoms with van der Waals surface area (Å²) in [6, 6.07) is 0.0882. The lowest BCUT2D eigenvalue weighted by molar-refractivity contribution is 0.126. The largest absolute Gasteiger partial charge is 0.380 e. The molecule has 0 aliphatic carbocycles. The van der Waals surface area contributed by atoms with Crippen LogP contribution in [0.1, 0.15) is 70.7 Å². The van der Waals surface area contributed by atoms with Crippen LogP contribution in [0.4, 0.5) is 0 Å². The summed E-state index contributed by atoms with van der Waals surface area (Å²) in [5, 5.41) is 0. The number of thioether (sulfide) groups is 1. The smallest absolute Gasteiger partial charge is 0.330 e. The van der Waals surface area contributed by atoms with Gasteiger partial charge in [0.25, 0.3) is 16.7 Å². The number of nitrogens with zero attached hydrogens (tertiary/aromatic N) is 3. The molecule has 228 valence electrons. The molecule has 3 N–H and O–H groups in total. The average Bonchev–Trinajstić information content (AvgIpc) is 2.87. The van der Waals surface area contributed by atoms with Crippen molar-refractivity contribution >= 4 is 11.8 Å². The standard InChI is InChI=1S/2C9H14N2O3.C8H12N2O2S/c1-6(2)7-4-11(5-14-3)9(13)10-8(7)12;1-6(2)11-4-7(5-14-3)8(12)10-9(11)13;1-5(2)10-4-6(13-3)7(11)9-8(10)12/h2*4,6H,5H2,1-3H3,(H,10,12,13);4-5H,1-3H3,(H,9,11,12). The molecule has 14 nitrogen and oxygen atoms in total. The van der Waals surface area contributed by atoms with Gasteiger partial charge in [-0.2, -0.15) is 0 Å². The van der Waals surface area contributed by atoms with Gasteiger partial charge < -0.3 is 9.47 Å². The maximum Gasteiger partial charge on any atom is 0.330 e. The van der Waals surface area contributed by atoms with Gasteiger partial charge in [0.2, 0.25) is 0 Å². The zero-order valence-corrected chi connectivity index (χ0v) is 25.7. The normalized spacial score (nSPS) is 10.8. The van der Waals surface area contributed by atoms with Gasteiger partial charge in [-0.25, -0.2) is 14.4 Å². The topological polar surface area (TPSA) is 183 Å². The SMILES string of the molecule is COCc1cn(C(C)C)c(=O)[nH]c1=O.COCn1cc(C(C)C)c(=O)[nH]c1=O.CSc1cn(C(C)C)c(=O)[nH]c1=O. The Hall–Kier alpha value is -3.69. The van der Waals surface area contributed by atoms with Crippen molar-refractivity contribution in [3.05, 3.63) is 92.2 Å². The van der Waals surface area contributed by atoms with Gasteiger partial charge in [-0.3, -0.25) is 43.0 Å². The van der Waals surface area contributed by atoms with Gasteiger partial charge in [-0.05, 0) is 39.9 Å². The lowest BCUT2D eigenvalue weighted by Crippen LogP contribution is -2.32. The van der Waals surface area contributed by atoms with Crippen LogP contribution >= 0.6 is 11.8 Å². The second kappa shape index (κ2) is 16.5. The van der Waals surface area contributed by atoms with E-state index in [1.54, 1.807) is 12.5 Å². The fourth-order valence-electron chi connectivity index (χ4n) is 3.34. The number of nitrogens with one attached hydrogen (secondary N) is 3. The molecule has 3 aromatic heterocycles. The van der Waals surface area contributed by atoms with E-state index in [0.717, 1.165) is 0 Å². The van der Waals surface area contributed by atoms with Gasteiger partial charge >= 0.3 is 17.1 Å². The molecule has 3 rings (SSSR count). The average molecular weight is 597 g/mol. The first kappa shape index (κ1) is 35.3. The van der Waals surface area contributed by atoms with Crippen LogP contribution in [-0.4, -0.2) is 49.1 Å². The Morgan fingerprint density at radius 3 is 1.68 bits per heavy atom. The number of hydrogen-bond acceptors (Lipinski definition) is 9. The highest BCUT2D eigenvalue weighted by molar-refractivity contribution is 7.98. The van der Waals surface area contributed by atoms with Gasteiger partial charge in [0.05, 0.1) is 17.1 Å². The van der Waals surface area contributed by atoms with Gasteiger partial charge in [-0.1, -0.05) is 13.8 Å². The summed E-state index contributed by atoms with van der Waals surface area (Å²) in [5.41, 5.74) is -1.15. The van der Waals surface area contributed by atoms with Crippen LogP contribution in [0.15, 0.2) is 52.3 Å². The van der Waals surface area contributed by atoms with Crippen molar-refractivity contribution in [1.82, 2.24) is 28.7 Å². The molecular formula is C26H40N6O8S. The minimum atomic E-state index is -0.443. The zero-order chi connectivity index (χ0) is 31.4. The van der Waals surface area contributed by atoms with Crippen LogP contribution in [-0.2, 0) is 22.8 Å². The minimum absolute atomic E-state index is 0.0231. The van der Waals surface area contributed by atoms with E-state index in [1.165, 1.54) is 52.1 Å². The highest BCUT2D eigenvalue weighted by Gasteiger charge is 2.08. The first-order valence-electron chi connectivity index (χ1n) is 12.7. The predicted octanol–water partition coefficient (Wildman–Crippen LogP) is 1.37. The fourth-order valence-corrected chi connectivity index (χ4v) is 3.79. The third-order valence-electron chi connectivity index (χ3n) is 5.54. The van der Waals surface area contributed by atoms with E-state index in [4.69, 9.17) is 9.47 Å². The Morgan fingerprint density at radius 2 is 1.22 bits per heavy atom. The highest BCUT2D eigenvalue weighted by Crippen LogP contribution is 2.08. The Labute approximate surface area is 240 Å². The Morgan fingerprint density at radius 1 is 0.707 bits per heavy atom. The fraction of sp³-hybridized carbons (Fsp3) is 0.538. The molecule has 0 fully saturated rings. The summed E-state index contributed by atoms with van der Waals surface area (Å²) in [7, 11) is 3.00. The van der Waals surface area contributed by atoms with E-state index >= 15 is 0 Å². The monoisotopic (exact) mass is 596 g/mol. The maximum atomic E-state index is 11.3. The number of aromatic nitrogens is 6. The van der Waals surface area contributed by atoms with E-state index in [2.05, 4.69) is 15.0 Å². The molecule has 0 aliphatic rings. The molecule has 0 amide bonds. The molecule has 0 spiro atoms. The van der Waals surface area contributed by atoms with Crippen molar-refractivity contribution < 1.29 is 9.47 Å². The minimum Gasteiger partial charge on any atom is -0.380 e. The third-order valence-corrected chi connectivity index (χ3v) is 6.27. The summed E-state index contributed by atoms with van der Waals surface area (Å²) < 4.78 is 14.0. The molecule has 0 saturated carbocycles. The molecule has 0 unspecified atom stereocenters. The number of aromatic amines is 3. The summed E-state index contributed by atoms with van der Waals surface area (Å²) in [6.45, 7) is 11.7. The molecule has 3 aromatic rings. The van der Waals surface area contributed by atoms with E-state index < -0.39 is 5.69 Å². The lowest BCUT2D eigenvalue weighted by Gasteiger charge is -2.09. The second-order valence-corrected chi connectivity index (χ2v) is 10.5. The molecule has 0 radical (unpaired) electrons. The lowest BCUT2D eigenvalue weighted by atomic mass is 10.1. The Kier molecular flexibility index (Phi) is 14.3. The van der Waals surface area contributed by atoms with Crippen molar-refractivity contribution in [3.63, 3.8) is 0 Å². The molecule has 0 saturated heterocycles. The summed E-state index contributed by atoms with van der Waals surface area (Å²) in [6.07, 6.45) is 6.47. The van der Waals surface area contributed by atoms with Gasteiger partial charge in [0, 0.05) is 50.5 Å². The zero-order valence-electron chi connectivity index (χ0n) is 24.9. The van der Waals surface area contributed by atoms with Crippen LogP contribution in [0, 0.1) is 0 Å². The highest BCUT2D eigenvalue weighted by atomic mass is 32.2. The maximum absolute atomic E-state index is 11.3. The van der Waals surface area contributed by atoms with Crippen molar-refractivity contribution in [3.8, 4) is 0 Å².